The van der Waals surface area contributed by atoms with Crippen molar-refractivity contribution >= 4 is 12.0 Å². The number of ether oxygens (including phenoxy) is 1. The van der Waals surface area contributed by atoms with E-state index in [4.69, 9.17) is 4.74 Å². The van der Waals surface area contributed by atoms with Crippen molar-refractivity contribution in [3.63, 3.8) is 0 Å². The fraction of sp³-hybridized carbons (Fsp3) is 0.440. The van der Waals surface area contributed by atoms with Gasteiger partial charge in [0.2, 0.25) is 5.91 Å². The molecular weight excluding hydrogens is 414 g/mol. The van der Waals surface area contributed by atoms with Gasteiger partial charge in [-0.1, -0.05) is 24.3 Å². The lowest BCUT2D eigenvalue weighted by atomic mass is 9.87. The van der Waals surface area contributed by atoms with E-state index < -0.39 is 17.7 Å². The molecule has 0 radical (unpaired) electrons. The molecule has 0 aliphatic carbocycles. The third-order valence-corrected chi connectivity index (χ3v) is 5.16. The lowest BCUT2D eigenvalue weighted by molar-refractivity contribution is -0.125. The summed E-state index contributed by atoms with van der Waals surface area (Å²) < 4.78 is 32.0. The summed E-state index contributed by atoms with van der Waals surface area (Å²) in [4.78, 5) is 25.9. The number of hydrogen-bond donors (Lipinski definition) is 1. The highest BCUT2D eigenvalue weighted by atomic mass is 19.1. The summed E-state index contributed by atoms with van der Waals surface area (Å²) in [6.07, 6.45) is 0.759. The van der Waals surface area contributed by atoms with E-state index in [1.807, 2.05) is 0 Å². The van der Waals surface area contributed by atoms with Gasteiger partial charge < -0.3 is 10.1 Å². The Labute approximate surface area is 188 Å². The highest BCUT2D eigenvalue weighted by Crippen LogP contribution is 2.29. The minimum absolute atomic E-state index is 0.0602. The van der Waals surface area contributed by atoms with Crippen LogP contribution >= 0.6 is 0 Å². The molecule has 0 aliphatic rings. The van der Waals surface area contributed by atoms with Gasteiger partial charge in [-0.15, -0.1) is 0 Å². The summed E-state index contributed by atoms with van der Waals surface area (Å²) in [7, 11) is 1.53. The quantitative estimate of drug-likeness (QED) is 0.564. The minimum atomic E-state index is -0.685. The summed E-state index contributed by atoms with van der Waals surface area (Å²) in [6.45, 7) is 7.34. The first-order valence-electron chi connectivity index (χ1n) is 10.7. The molecule has 174 valence electrons. The van der Waals surface area contributed by atoms with Crippen LogP contribution in [0.2, 0.25) is 0 Å². The van der Waals surface area contributed by atoms with Gasteiger partial charge in [-0.2, -0.15) is 0 Å². The first kappa shape index (κ1) is 25.3. The van der Waals surface area contributed by atoms with E-state index >= 15 is 0 Å². The van der Waals surface area contributed by atoms with Crippen LogP contribution < -0.4 is 5.32 Å². The van der Waals surface area contributed by atoms with E-state index in [0.717, 1.165) is 11.1 Å². The highest BCUT2D eigenvalue weighted by Gasteiger charge is 2.26. The van der Waals surface area contributed by atoms with Crippen molar-refractivity contribution in [2.24, 2.45) is 0 Å². The van der Waals surface area contributed by atoms with E-state index in [1.54, 1.807) is 52.0 Å². The van der Waals surface area contributed by atoms with Crippen LogP contribution in [0.4, 0.5) is 13.6 Å². The van der Waals surface area contributed by atoms with Crippen molar-refractivity contribution in [1.82, 2.24) is 10.2 Å². The second kappa shape index (κ2) is 11.1. The normalized spacial score (nSPS) is 12.4. The smallest absolute Gasteiger partial charge is 0.410 e. The van der Waals surface area contributed by atoms with Crippen molar-refractivity contribution in [2.45, 2.75) is 58.1 Å². The molecule has 0 fully saturated rings. The zero-order valence-electron chi connectivity index (χ0n) is 19.3. The molecule has 0 heterocycles. The number of hydrogen-bond acceptors (Lipinski definition) is 3. The molecule has 0 saturated heterocycles. The Morgan fingerprint density at radius 1 is 0.969 bits per heavy atom. The van der Waals surface area contributed by atoms with Crippen LogP contribution in [-0.2, 0) is 9.53 Å². The monoisotopic (exact) mass is 446 g/mol. The first-order chi connectivity index (χ1) is 15.0. The summed E-state index contributed by atoms with van der Waals surface area (Å²) in [5.41, 5.74) is 1.20. The molecule has 2 amide bonds. The van der Waals surface area contributed by atoms with E-state index in [9.17, 15) is 18.4 Å². The number of carbonyl (C=O) groups is 2. The molecule has 7 heteroatoms. The van der Waals surface area contributed by atoms with Crippen LogP contribution in [0.3, 0.4) is 0 Å². The van der Waals surface area contributed by atoms with E-state index in [0.29, 0.717) is 19.4 Å². The molecule has 0 aliphatic heterocycles. The van der Waals surface area contributed by atoms with Gasteiger partial charge in [0.25, 0.3) is 0 Å². The van der Waals surface area contributed by atoms with Crippen LogP contribution in [0.5, 0.6) is 0 Å². The zero-order valence-corrected chi connectivity index (χ0v) is 19.3. The molecule has 0 spiro atoms. The molecule has 2 aromatic rings. The van der Waals surface area contributed by atoms with Crippen molar-refractivity contribution < 1.29 is 23.1 Å². The van der Waals surface area contributed by atoms with Crippen LogP contribution in [0.1, 0.15) is 57.6 Å². The van der Waals surface area contributed by atoms with Crippen LogP contribution in [0.15, 0.2) is 48.5 Å². The van der Waals surface area contributed by atoms with Crippen molar-refractivity contribution in [2.75, 3.05) is 13.6 Å². The number of rotatable bonds is 8. The number of nitrogens with one attached hydrogen (secondary N) is 1. The number of nitrogens with zero attached hydrogens (tertiary/aromatic N) is 1. The number of likely N-dealkylation sites (N-methyl/N-ethyl adjacent to an activating group) is 1. The van der Waals surface area contributed by atoms with Crippen molar-refractivity contribution in [1.29, 1.82) is 0 Å². The molecule has 1 N–H and O–H groups in total. The Hall–Kier alpha value is -2.96. The number of carbonyl (C=O) groups excluding carboxylic acids is 2. The van der Waals surface area contributed by atoms with Gasteiger partial charge in [0.15, 0.2) is 0 Å². The summed E-state index contributed by atoms with van der Waals surface area (Å²) in [5.74, 6) is -0.975. The van der Waals surface area contributed by atoms with Crippen LogP contribution in [0, 0.1) is 11.6 Å². The van der Waals surface area contributed by atoms with E-state index in [2.05, 4.69) is 5.32 Å². The van der Waals surface area contributed by atoms with Gasteiger partial charge in [0.05, 0.1) is 0 Å². The third-order valence-electron chi connectivity index (χ3n) is 5.16. The standard InChI is InChI=1S/C25H32F2N2O3/c1-17(29(5)24(31)32-25(2,3)4)23(30)28-16-6-7-22(18-8-12-20(26)13-9-18)19-10-14-21(27)15-11-19/h8-15,17,22H,6-7,16H2,1-5H3,(H,28,30). The maximum atomic E-state index is 13.4. The average Bonchev–Trinajstić information content (AvgIpc) is 2.73. The highest BCUT2D eigenvalue weighted by molar-refractivity contribution is 5.85. The number of halogens is 2. The fourth-order valence-electron chi connectivity index (χ4n) is 3.25. The summed E-state index contributed by atoms with van der Waals surface area (Å²) in [6, 6.07) is 11.8. The minimum Gasteiger partial charge on any atom is -0.444 e. The Kier molecular flexibility index (Phi) is 8.75. The molecule has 5 nitrogen and oxygen atoms in total. The predicted molar refractivity (Wildman–Crippen MR) is 120 cm³/mol. The van der Waals surface area contributed by atoms with E-state index in [-0.39, 0.29) is 23.5 Å². The predicted octanol–water partition coefficient (Wildman–Crippen LogP) is 5.25. The van der Waals surface area contributed by atoms with Gasteiger partial charge in [0, 0.05) is 19.5 Å². The molecular formula is C25H32F2N2O3. The molecule has 0 aromatic heterocycles. The SMILES string of the molecule is CC(C(=O)NCCCC(c1ccc(F)cc1)c1ccc(F)cc1)N(C)C(=O)OC(C)(C)C. The third kappa shape index (κ3) is 7.62. The summed E-state index contributed by atoms with van der Waals surface area (Å²) in [5, 5.41) is 2.85. The lowest BCUT2D eigenvalue weighted by Crippen LogP contribution is -2.47. The topological polar surface area (TPSA) is 58.6 Å². The van der Waals surface area contributed by atoms with Crippen molar-refractivity contribution in [3.05, 3.63) is 71.3 Å². The van der Waals surface area contributed by atoms with Gasteiger partial charge in [-0.3, -0.25) is 9.69 Å². The van der Waals surface area contributed by atoms with Crippen LogP contribution in [-0.4, -0.2) is 42.1 Å². The molecule has 32 heavy (non-hydrogen) atoms. The van der Waals surface area contributed by atoms with Gasteiger partial charge in [0.1, 0.15) is 23.3 Å². The number of amides is 2. The maximum Gasteiger partial charge on any atom is 0.410 e. The molecule has 2 rings (SSSR count). The average molecular weight is 447 g/mol. The molecule has 1 unspecified atom stereocenters. The Bertz CT molecular complexity index is 847. The second-order valence-electron chi connectivity index (χ2n) is 8.86. The van der Waals surface area contributed by atoms with Crippen LogP contribution in [0.25, 0.3) is 0 Å². The fourth-order valence-corrected chi connectivity index (χ4v) is 3.25. The Balaban J connectivity index is 1.94. The lowest BCUT2D eigenvalue weighted by Gasteiger charge is -2.28. The summed E-state index contributed by atoms with van der Waals surface area (Å²) >= 11 is 0. The molecule has 2 aromatic carbocycles. The Morgan fingerprint density at radius 2 is 1.44 bits per heavy atom. The molecule has 1 atom stereocenters. The van der Waals surface area contributed by atoms with E-state index in [1.165, 1.54) is 36.2 Å². The van der Waals surface area contributed by atoms with Gasteiger partial charge in [-0.25, -0.2) is 13.6 Å². The molecule has 0 bridgehead atoms. The second-order valence-corrected chi connectivity index (χ2v) is 8.86. The molecule has 0 saturated carbocycles. The first-order valence-corrected chi connectivity index (χ1v) is 10.7. The Morgan fingerprint density at radius 3 is 1.88 bits per heavy atom. The van der Waals surface area contributed by atoms with Gasteiger partial charge >= 0.3 is 6.09 Å². The van der Waals surface area contributed by atoms with Crippen molar-refractivity contribution in [3.8, 4) is 0 Å². The maximum absolute atomic E-state index is 13.4. The zero-order chi connectivity index (χ0) is 23.9. The largest absolute Gasteiger partial charge is 0.444 e. The van der Waals surface area contributed by atoms with Gasteiger partial charge in [-0.05, 0) is 75.9 Å². The number of benzene rings is 2.